The molecule has 0 radical (unpaired) electrons. The van der Waals surface area contributed by atoms with Gasteiger partial charge < -0.3 is 14.6 Å². The van der Waals surface area contributed by atoms with Gasteiger partial charge in [0.1, 0.15) is 5.78 Å². The Balaban J connectivity index is 1.43. The number of halogens is 3. The van der Waals surface area contributed by atoms with Gasteiger partial charge in [-0.1, -0.05) is 35.9 Å². The molecular formula is C26H19ClF2O5. The number of Topliss-reactive ketones (excluding diaryl/α,β-unsaturated/α-hetero) is 1. The summed E-state index contributed by atoms with van der Waals surface area (Å²) in [5, 5.41) is 9.75. The van der Waals surface area contributed by atoms with Gasteiger partial charge in [0, 0.05) is 17.0 Å². The highest BCUT2D eigenvalue weighted by Crippen LogP contribution is 2.52. The zero-order valence-electron chi connectivity index (χ0n) is 18.0. The summed E-state index contributed by atoms with van der Waals surface area (Å²) in [6.07, 6.45) is -2.34. The summed E-state index contributed by atoms with van der Waals surface area (Å²) in [6.45, 7) is 1.88. The van der Waals surface area contributed by atoms with Gasteiger partial charge in [-0.15, -0.1) is 8.78 Å². The van der Waals surface area contributed by atoms with Crippen LogP contribution in [0.5, 0.6) is 11.5 Å². The minimum absolute atomic E-state index is 0.0293. The van der Waals surface area contributed by atoms with Crippen LogP contribution in [0.2, 0.25) is 5.02 Å². The molecule has 5 rings (SSSR count). The molecule has 1 saturated carbocycles. The van der Waals surface area contributed by atoms with Crippen LogP contribution in [0.25, 0.3) is 11.1 Å². The van der Waals surface area contributed by atoms with Crippen molar-refractivity contribution in [2.24, 2.45) is 0 Å². The smallest absolute Gasteiger partial charge is 0.478 e. The SMILES string of the molecule is Cc1ccc(CC(=O)C2(c3ccc4c(c3)OC(F)(F)O4)CC2)cc1-c1cc(C(=O)O)ccc1Cl. The molecule has 0 bridgehead atoms. The number of rotatable bonds is 6. The van der Waals surface area contributed by atoms with E-state index in [1.165, 1.54) is 24.3 Å². The number of ketones is 1. The van der Waals surface area contributed by atoms with E-state index < -0.39 is 17.7 Å². The number of aromatic carboxylic acids is 1. The van der Waals surface area contributed by atoms with Crippen LogP contribution in [-0.2, 0) is 16.6 Å². The number of benzene rings is 3. The number of carbonyl (C=O) groups is 2. The molecule has 5 nitrogen and oxygen atoms in total. The van der Waals surface area contributed by atoms with Crippen molar-refractivity contribution in [1.82, 2.24) is 0 Å². The lowest BCUT2D eigenvalue weighted by Crippen LogP contribution is -2.26. The Morgan fingerprint density at radius 2 is 1.71 bits per heavy atom. The van der Waals surface area contributed by atoms with Crippen molar-refractivity contribution in [1.29, 1.82) is 0 Å². The van der Waals surface area contributed by atoms with Crippen LogP contribution >= 0.6 is 11.6 Å². The molecule has 0 aromatic heterocycles. The van der Waals surface area contributed by atoms with Crippen molar-refractivity contribution in [3.05, 3.63) is 81.9 Å². The number of alkyl halides is 2. The molecule has 1 heterocycles. The molecule has 1 aliphatic carbocycles. The minimum Gasteiger partial charge on any atom is -0.478 e. The van der Waals surface area contributed by atoms with Crippen molar-refractivity contribution in [2.75, 3.05) is 0 Å². The van der Waals surface area contributed by atoms with E-state index >= 15 is 0 Å². The van der Waals surface area contributed by atoms with Gasteiger partial charge in [-0.3, -0.25) is 4.79 Å². The van der Waals surface area contributed by atoms with Crippen LogP contribution in [-0.4, -0.2) is 23.2 Å². The number of ether oxygens (including phenoxy) is 2. The maximum atomic E-state index is 13.4. The number of hydrogen-bond acceptors (Lipinski definition) is 4. The molecule has 0 unspecified atom stereocenters. The van der Waals surface area contributed by atoms with Crippen molar-refractivity contribution < 1.29 is 33.0 Å². The first kappa shape index (κ1) is 22.3. The van der Waals surface area contributed by atoms with Crippen LogP contribution in [0, 0.1) is 6.92 Å². The predicted molar refractivity (Wildman–Crippen MR) is 121 cm³/mol. The highest BCUT2D eigenvalue weighted by molar-refractivity contribution is 6.33. The molecule has 0 atom stereocenters. The van der Waals surface area contributed by atoms with Crippen molar-refractivity contribution in [3.63, 3.8) is 0 Å². The van der Waals surface area contributed by atoms with E-state index in [0.717, 1.165) is 16.7 Å². The van der Waals surface area contributed by atoms with Gasteiger partial charge >= 0.3 is 12.3 Å². The third-order valence-corrected chi connectivity index (χ3v) is 6.74. The Bertz CT molecular complexity index is 1350. The molecule has 1 fully saturated rings. The number of aryl methyl sites for hydroxylation is 1. The van der Waals surface area contributed by atoms with E-state index in [-0.39, 0.29) is 29.3 Å². The topological polar surface area (TPSA) is 72.8 Å². The van der Waals surface area contributed by atoms with Crippen LogP contribution in [0.3, 0.4) is 0 Å². The van der Waals surface area contributed by atoms with Crippen molar-refractivity contribution >= 4 is 23.4 Å². The summed E-state index contributed by atoms with van der Waals surface area (Å²) in [7, 11) is 0. The van der Waals surface area contributed by atoms with Gasteiger partial charge in [-0.05, 0) is 72.4 Å². The first-order chi connectivity index (χ1) is 16.1. The van der Waals surface area contributed by atoms with E-state index in [0.29, 0.717) is 29.0 Å². The quantitative estimate of drug-likeness (QED) is 0.452. The first-order valence-corrected chi connectivity index (χ1v) is 11.0. The fourth-order valence-electron chi connectivity index (χ4n) is 4.39. The van der Waals surface area contributed by atoms with Crippen LogP contribution < -0.4 is 9.47 Å². The molecule has 3 aromatic rings. The van der Waals surface area contributed by atoms with E-state index in [1.807, 2.05) is 25.1 Å². The maximum Gasteiger partial charge on any atom is 0.586 e. The summed E-state index contributed by atoms with van der Waals surface area (Å²) in [6, 6.07) is 14.5. The van der Waals surface area contributed by atoms with Gasteiger partial charge in [0.25, 0.3) is 0 Å². The summed E-state index contributed by atoms with van der Waals surface area (Å²) in [5.41, 5.74) is 2.95. The van der Waals surface area contributed by atoms with E-state index in [4.69, 9.17) is 11.6 Å². The average molecular weight is 485 g/mol. The normalized spacial score (nSPS) is 16.8. The lowest BCUT2D eigenvalue weighted by atomic mass is 9.86. The largest absolute Gasteiger partial charge is 0.586 e. The van der Waals surface area contributed by atoms with Crippen LogP contribution in [0.4, 0.5) is 8.78 Å². The molecule has 1 aliphatic heterocycles. The molecular weight excluding hydrogens is 466 g/mol. The lowest BCUT2D eigenvalue weighted by Gasteiger charge is -2.16. The predicted octanol–water partition coefficient (Wildman–Crippen LogP) is 6.18. The van der Waals surface area contributed by atoms with E-state index in [2.05, 4.69) is 9.47 Å². The molecule has 0 saturated heterocycles. The summed E-state index contributed by atoms with van der Waals surface area (Å²) >= 11 is 6.36. The van der Waals surface area contributed by atoms with Gasteiger partial charge in [0.2, 0.25) is 0 Å². The Morgan fingerprint density at radius 1 is 0.971 bits per heavy atom. The van der Waals surface area contributed by atoms with Gasteiger partial charge in [0.15, 0.2) is 11.5 Å². The number of carboxylic acids is 1. The zero-order chi connectivity index (χ0) is 24.3. The Kier molecular flexibility index (Phi) is 5.13. The number of hydrogen-bond donors (Lipinski definition) is 1. The highest BCUT2D eigenvalue weighted by Gasteiger charge is 2.52. The molecule has 34 heavy (non-hydrogen) atoms. The average Bonchev–Trinajstić information content (AvgIpc) is 3.52. The van der Waals surface area contributed by atoms with Crippen molar-refractivity contribution in [2.45, 2.75) is 37.9 Å². The molecule has 174 valence electrons. The standard InChI is InChI=1S/C26H19ClF2O5/c1-14-2-3-15(10-18(14)19-12-16(24(31)32)4-6-20(19)27)11-23(30)25(8-9-25)17-5-7-21-22(13-17)34-26(28,29)33-21/h2-7,10,12-13H,8-9,11H2,1H3,(H,31,32). The summed E-state index contributed by atoms with van der Waals surface area (Å²) in [5.74, 6) is -1.22. The number of carbonyl (C=O) groups excluding carboxylic acids is 1. The fraction of sp³-hybridized carbons (Fsp3) is 0.231. The molecule has 3 aromatic carbocycles. The monoisotopic (exact) mass is 484 g/mol. The van der Waals surface area contributed by atoms with E-state index in [9.17, 15) is 23.5 Å². The second kappa shape index (κ2) is 7.81. The third kappa shape index (κ3) is 3.90. The molecule has 0 amide bonds. The Labute approximate surface area is 198 Å². The molecule has 2 aliphatic rings. The molecule has 8 heteroatoms. The van der Waals surface area contributed by atoms with Gasteiger partial charge in [0.05, 0.1) is 11.0 Å². The minimum atomic E-state index is -3.71. The van der Waals surface area contributed by atoms with Gasteiger partial charge in [-0.2, -0.15) is 0 Å². The highest BCUT2D eigenvalue weighted by atomic mass is 35.5. The van der Waals surface area contributed by atoms with Crippen LogP contribution in [0.1, 0.15) is 39.9 Å². The zero-order valence-corrected chi connectivity index (χ0v) is 18.8. The Morgan fingerprint density at radius 3 is 2.41 bits per heavy atom. The van der Waals surface area contributed by atoms with Crippen LogP contribution in [0.15, 0.2) is 54.6 Å². The second-order valence-electron chi connectivity index (χ2n) is 8.66. The van der Waals surface area contributed by atoms with Crippen molar-refractivity contribution in [3.8, 4) is 22.6 Å². The Hall–Kier alpha value is -3.45. The fourth-order valence-corrected chi connectivity index (χ4v) is 4.61. The van der Waals surface area contributed by atoms with E-state index in [1.54, 1.807) is 12.1 Å². The molecule has 1 N–H and O–H groups in total. The van der Waals surface area contributed by atoms with Gasteiger partial charge in [-0.25, -0.2) is 4.79 Å². The first-order valence-electron chi connectivity index (χ1n) is 10.6. The number of carboxylic acid groups (broad SMARTS) is 1. The maximum absolute atomic E-state index is 13.4. The second-order valence-corrected chi connectivity index (χ2v) is 9.07. The number of fused-ring (bicyclic) bond motifs is 1. The molecule has 0 spiro atoms. The summed E-state index contributed by atoms with van der Waals surface area (Å²) in [4.78, 5) is 24.7. The summed E-state index contributed by atoms with van der Waals surface area (Å²) < 4.78 is 35.8. The third-order valence-electron chi connectivity index (χ3n) is 6.41. The lowest BCUT2D eigenvalue weighted by molar-refractivity contribution is -0.286.